The molecule has 0 aliphatic rings. The van der Waals surface area contributed by atoms with Crippen LogP contribution < -0.4 is 4.74 Å². The third-order valence-electron chi connectivity index (χ3n) is 2.82. The molecule has 2 aromatic carbocycles. The highest BCUT2D eigenvalue weighted by Gasteiger charge is 2.12. The van der Waals surface area contributed by atoms with Crippen LogP contribution in [0.4, 0.5) is 5.69 Å². The zero-order valence-electron chi connectivity index (χ0n) is 10.7. The molecule has 7 heteroatoms. The highest BCUT2D eigenvalue weighted by atomic mass is 35.5. The average molecular weight is 305 g/mol. The first-order chi connectivity index (χ1) is 10.1. The Morgan fingerprint density at radius 3 is 2.81 bits per heavy atom. The Labute approximate surface area is 124 Å². The zero-order valence-corrected chi connectivity index (χ0v) is 11.4. The quantitative estimate of drug-likeness (QED) is 0.538. The molecule has 0 N–H and O–H groups in total. The van der Waals surface area contributed by atoms with Gasteiger partial charge >= 0.3 is 0 Å². The van der Waals surface area contributed by atoms with Crippen LogP contribution in [0.5, 0.6) is 5.75 Å². The van der Waals surface area contributed by atoms with Gasteiger partial charge < -0.3 is 9.15 Å². The molecular formula is C14H9ClN2O4. The number of para-hydroxylation sites is 2. The van der Waals surface area contributed by atoms with E-state index in [-0.39, 0.29) is 17.3 Å². The molecule has 0 radical (unpaired) electrons. The number of rotatable bonds is 4. The van der Waals surface area contributed by atoms with Crippen molar-refractivity contribution in [2.45, 2.75) is 6.61 Å². The second-order valence-electron chi connectivity index (χ2n) is 4.24. The van der Waals surface area contributed by atoms with Gasteiger partial charge in [-0.15, -0.1) is 0 Å². The third-order valence-corrected chi connectivity index (χ3v) is 3.11. The summed E-state index contributed by atoms with van der Waals surface area (Å²) in [5.41, 5.74) is 1.33. The fourth-order valence-electron chi connectivity index (χ4n) is 1.84. The van der Waals surface area contributed by atoms with Gasteiger partial charge in [0.05, 0.1) is 9.95 Å². The predicted octanol–water partition coefficient (Wildman–Crippen LogP) is 3.97. The van der Waals surface area contributed by atoms with Crippen molar-refractivity contribution in [3.63, 3.8) is 0 Å². The maximum absolute atomic E-state index is 10.6. The van der Waals surface area contributed by atoms with Crippen LogP contribution in [0, 0.1) is 10.1 Å². The first kappa shape index (κ1) is 13.4. The Balaban J connectivity index is 1.76. The number of hydrogen-bond donors (Lipinski definition) is 0. The highest BCUT2D eigenvalue weighted by molar-refractivity contribution is 6.32. The second kappa shape index (κ2) is 5.41. The number of nitro benzene ring substituents is 1. The number of benzene rings is 2. The van der Waals surface area contributed by atoms with Gasteiger partial charge in [-0.3, -0.25) is 10.1 Å². The van der Waals surface area contributed by atoms with Crippen molar-refractivity contribution in [1.82, 2.24) is 4.98 Å². The Morgan fingerprint density at radius 1 is 1.29 bits per heavy atom. The monoisotopic (exact) mass is 304 g/mol. The number of fused-ring (bicyclic) bond motifs is 1. The molecule has 0 atom stereocenters. The summed E-state index contributed by atoms with van der Waals surface area (Å²) >= 11 is 5.94. The molecule has 0 saturated carbocycles. The molecule has 3 aromatic rings. The van der Waals surface area contributed by atoms with Crippen LogP contribution in [-0.4, -0.2) is 9.91 Å². The maximum atomic E-state index is 10.6. The minimum Gasteiger partial charge on any atom is -0.482 e. The van der Waals surface area contributed by atoms with Crippen molar-refractivity contribution < 1.29 is 14.1 Å². The molecule has 0 aliphatic carbocycles. The predicted molar refractivity (Wildman–Crippen MR) is 76.4 cm³/mol. The van der Waals surface area contributed by atoms with E-state index in [4.69, 9.17) is 20.8 Å². The van der Waals surface area contributed by atoms with Gasteiger partial charge in [-0.2, -0.15) is 0 Å². The number of nitrogens with zero attached hydrogens (tertiary/aromatic N) is 2. The summed E-state index contributed by atoms with van der Waals surface area (Å²) in [6, 6.07) is 11.4. The summed E-state index contributed by atoms with van der Waals surface area (Å²) < 4.78 is 11.0. The average Bonchev–Trinajstić information content (AvgIpc) is 2.88. The topological polar surface area (TPSA) is 78.4 Å². The second-order valence-corrected chi connectivity index (χ2v) is 4.64. The van der Waals surface area contributed by atoms with Crippen LogP contribution >= 0.6 is 11.6 Å². The van der Waals surface area contributed by atoms with Crippen LogP contribution in [0.2, 0.25) is 5.02 Å². The normalized spacial score (nSPS) is 10.7. The van der Waals surface area contributed by atoms with Crippen LogP contribution in [-0.2, 0) is 6.61 Å². The van der Waals surface area contributed by atoms with Crippen LogP contribution in [0.25, 0.3) is 11.1 Å². The van der Waals surface area contributed by atoms with E-state index in [0.29, 0.717) is 17.2 Å². The zero-order chi connectivity index (χ0) is 14.8. The van der Waals surface area contributed by atoms with Crippen molar-refractivity contribution in [3.05, 3.63) is 63.5 Å². The lowest BCUT2D eigenvalue weighted by atomic mass is 10.3. The minimum atomic E-state index is -0.517. The number of ether oxygens (including phenoxy) is 1. The van der Waals surface area contributed by atoms with Crippen LogP contribution in [0.3, 0.4) is 0 Å². The molecular weight excluding hydrogens is 296 g/mol. The van der Waals surface area contributed by atoms with E-state index in [9.17, 15) is 10.1 Å². The molecule has 1 aromatic heterocycles. The summed E-state index contributed by atoms with van der Waals surface area (Å²) in [7, 11) is 0. The molecule has 3 rings (SSSR count). The number of non-ortho nitro benzene ring substituents is 1. The standard InChI is InChI=1S/C14H9ClN2O4/c15-10-7-9(17(18)19)5-6-12(10)20-8-14-16-11-3-1-2-4-13(11)21-14/h1-7H,8H2. The summed E-state index contributed by atoms with van der Waals surface area (Å²) in [6.07, 6.45) is 0. The van der Waals surface area contributed by atoms with E-state index >= 15 is 0 Å². The minimum absolute atomic E-state index is 0.0887. The lowest BCUT2D eigenvalue weighted by Crippen LogP contribution is -1.96. The lowest BCUT2D eigenvalue weighted by molar-refractivity contribution is -0.384. The number of halogens is 1. The SMILES string of the molecule is O=[N+]([O-])c1ccc(OCc2nc3ccccc3o2)c(Cl)c1. The molecule has 1 heterocycles. The van der Waals surface area contributed by atoms with Gasteiger partial charge in [0.1, 0.15) is 11.3 Å². The molecule has 0 unspecified atom stereocenters. The van der Waals surface area contributed by atoms with E-state index < -0.39 is 4.92 Å². The van der Waals surface area contributed by atoms with Gasteiger partial charge in [-0.1, -0.05) is 23.7 Å². The molecule has 21 heavy (non-hydrogen) atoms. The molecule has 0 saturated heterocycles. The van der Waals surface area contributed by atoms with E-state index in [2.05, 4.69) is 4.98 Å². The van der Waals surface area contributed by atoms with Gasteiger partial charge in [0.15, 0.2) is 12.2 Å². The Hall–Kier alpha value is -2.60. The molecule has 0 amide bonds. The molecule has 0 bridgehead atoms. The van der Waals surface area contributed by atoms with Crippen molar-refractivity contribution in [3.8, 4) is 5.75 Å². The van der Waals surface area contributed by atoms with Crippen LogP contribution in [0.15, 0.2) is 46.9 Å². The number of aromatic nitrogens is 1. The largest absolute Gasteiger partial charge is 0.482 e. The summed E-state index contributed by atoms with van der Waals surface area (Å²) in [5, 5.41) is 10.8. The summed E-state index contributed by atoms with van der Waals surface area (Å²) in [4.78, 5) is 14.4. The Morgan fingerprint density at radius 2 is 2.10 bits per heavy atom. The van der Waals surface area contributed by atoms with Gasteiger partial charge in [0.2, 0.25) is 5.89 Å². The van der Waals surface area contributed by atoms with Crippen molar-refractivity contribution in [2.24, 2.45) is 0 Å². The first-order valence-corrected chi connectivity index (χ1v) is 6.42. The van der Waals surface area contributed by atoms with Crippen molar-refractivity contribution in [1.29, 1.82) is 0 Å². The summed E-state index contributed by atoms with van der Waals surface area (Å²) in [6.45, 7) is 0.0895. The third kappa shape index (κ3) is 2.80. The van der Waals surface area contributed by atoms with Crippen molar-refractivity contribution >= 4 is 28.4 Å². The fraction of sp³-hybridized carbons (Fsp3) is 0.0714. The Bertz CT molecular complexity index is 783. The van der Waals surface area contributed by atoms with Gasteiger partial charge in [0.25, 0.3) is 5.69 Å². The molecule has 0 spiro atoms. The highest BCUT2D eigenvalue weighted by Crippen LogP contribution is 2.29. The maximum Gasteiger partial charge on any atom is 0.271 e. The number of oxazole rings is 1. The summed E-state index contributed by atoms with van der Waals surface area (Å²) in [5.74, 6) is 0.746. The molecule has 0 aliphatic heterocycles. The number of hydrogen-bond acceptors (Lipinski definition) is 5. The molecule has 0 fully saturated rings. The van der Waals surface area contributed by atoms with Crippen LogP contribution in [0.1, 0.15) is 5.89 Å². The van der Waals surface area contributed by atoms with E-state index in [0.717, 1.165) is 5.52 Å². The first-order valence-electron chi connectivity index (χ1n) is 6.04. The number of nitro groups is 1. The van der Waals surface area contributed by atoms with E-state index in [1.165, 1.54) is 18.2 Å². The van der Waals surface area contributed by atoms with E-state index in [1.54, 1.807) is 0 Å². The smallest absolute Gasteiger partial charge is 0.271 e. The van der Waals surface area contributed by atoms with Gasteiger partial charge in [-0.25, -0.2) is 4.98 Å². The molecule has 6 nitrogen and oxygen atoms in total. The molecule has 106 valence electrons. The fourth-order valence-corrected chi connectivity index (χ4v) is 2.07. The van der Waals surface area contributed by atoms with Crippen molar-refractivity contribution in [2.75, 3.05) is 0 Å². The lowest BCUT2D eigenvalue weighted by Gasteiger charge is -2.05. The Kier molecular flexibility index (Phi) is 3.45. The van der Waals surface area contributed by atoms with Gasteiger partial charge in [0, 0.05) is 12.1 Å². The van der Waals surface area contributed by atoms with E-state index in [1.807, 2.05) is 24.3 Å². The van der Waals surface area contributed by atoms with Gasteiger partial charge in [-0.05, 0) is 18.2 Å².